The number of anilines is 2. The zero-order chi connectivity index (χ0) is 28.1. The fraction of sp³-hybridized carbons (Fsp3) is 0.0769. The Kier molecular flexibility index (Phi) is 4.58. The van der Waals surface area contributed by atoms with Crippen LogP contribution >= 0.6 is 0 Å². The van der Waals surface area contributed by atoms with Crippen LogP contribution in [0.2, 0.25) is 0 Å². The number of nitrogens with zero attached hydrogens (tertiary/aromatic N) is 4. The van der Waals surface area contributed by atoms with Gasteiger partial charge in [0.05, 0.1) is 28.7 Å². The molecule has 0 N–H and O–H groups in total. The van der Waals surface area contributed by atoms with E-state index in [4.69, 9.17) is 0 Å². The quantitative estimate of drug-likeness (QED) is 0.213. The lowest BCUT2D eigenvalue weighted by molar-refractivity contribution is 0.650. The maximum Gasteiger partial charge on any atom is 0.0910 e. The number of aromatic nitrogens is 2. The van der Waals surface area contributed by atoms with Crippen LogP contribution in [0.15, 0.2) is 133 Å². The molecule has 0 unspecified atom stereocenters. The lowest BCUT2D eigenvalue weighted by Crippen LogP contribution is -2.46. The molecule has 4 heterocycles. The van der Waals surface area contributed by atoms with Gasteiger partial charge in [-0.3, -0.25) is 0 Å². The van der Waals surface area contributed by atoms with E-state index >= 15 is 0 Å². The van der Waals surface area contributed by atoms with Crippen molar-refractivity contribution in [2.45, 2.75) is 13.1 Å². The van der Waals surface area contributed by atoms with Crippen LogP contribution in [0, 0.1) is 0 Å². The molecular weight excluding hydrogens is 524 g/mol. The van der Waals surface area contributed by atoms with Gasteiger partial charge in [0.25, 0.3) is 0 Å². The number of hydrogen-bond acceptors (Lipinski definition) is 2. The highest BCUT2D eigenvalue weighted by molar-refractivity contribution is 6.10. The largest absolute Gasteiger partial charge is 0.349 e. The molecule has 0 fully saturated rings. The van der Waals surface area contributed by atoms with Crippen molar-refractivity contribution in [2.75, 3.05) is 16.5 Å². The van der Waals surface area contributed by atoms with Crippen LogP contribution in [0.25, 0.3) is 55.0 Å². The zero-order valence-corrected chi connectivity index (χ0v) is 23.6. The van der Waals surface area contributed by atoms with Gasteiger partial charge in [-0.2, -0.15) is 0 Å². The third-order valence-corrected chi connectivity index (χ3v) is 9.55. The average Bonchev–Trinajstić information content (AvgIpc) is 3.58. The minimum Gasteiger partial charge on any atom is -0.349 e. The molecule has 2 aromatic heterocycles. The summed E-state index contributed by atoms with van der Waals surface area (Å²) in [6.07, 6.45) is 0. The Balaban J connectivity index is 1.07. The second kappa shape index (κ2) is 8.52. The highest BCUT2D eigenvalue weighted by Crippen LogP contribution is 2.41. The number of para-hydroxylation sites is 4. The Bertz CT molecular complexity index is 2130. The minimum atomic E-state index is 0.901. The van der Waals surface area contributed by atoms with Crippen molar-refractivity contribution in [3.8, 4) is 11.4 Å². The van der Waals surface area contributed by atoms with Crippen molar-refractivity contribution in [2.24, 2.45) is 0 Å². The molecule has 2 aliphatic rings. The summed E-state index contributed by atoms with van der Waals surface area (Å²) in [5.41, 5.74) is 12.9. The Morgan fingerprint density at radius 3 is 1.09 bits per heavy atom. The molecule has 10 rings (SSSR count). The van der Waals surface area contributed by atoms with E-state index < -0.39 is 0 Å². The molecule has 204 valence electrons. The van der Waals surface area contributed by atoms with E-state index in [-0.39, 0.29) is 0 Å². The van der Waals surface area contributed by atoms with Gasteiger partial charge in [0.15, 0.2) is 0 Å². The van der Waals surface area contributed by atoms with Crippen molar-refractivity contribution in [3.05, 3.63) is 145 Å². The molecule has 0 radical (unpaired) electrons. The van der Waals surface area contributed by atoms with E-state index in [1.54, 1.807) is 0 Å². The van der Waals surface area contributed by atoms with E-state index in [0.29, 0.717) is 0 Å². The molecule has 6 aromatic carbocycles. The molecule has 0 atom stereocenters. The van der Waals surface area contributed by atoms with Crippen molar-refractivity contribution in [1.29, 1.82) is 0 Å². The topological polar surface area (TPSA) is 16.3 Å². The number of rotatable bonds is 2. The molecule has 43 heavy (non-hydrogen) atoms. The SMILES string of the molecule is c1ccc2c(c1)c1ccccc1n2-c1ccc2c(c1)CN1CN2Cc2cc(-n3c4ccccc4c4ccccc43)ccc21. The molecule has 4 nitrogen and oxygen atoms in total. The van der Waals surface area contributed by atoms with Gasteiger partial charge in [-0.15, -0.1) is 0 Å². The summed E-state index contributed by atoms with van der Waals surface area (Å²) in [6, 6.07) is 49.1. The Hall–Kier alpha value is -5.48. The van der Waals surface area contributed by atoms with Crippen molar-refractivity contribution in [3.63, 3.8) is 0 Å². The number of benzene rings is 6. The molecule has 2 aliphatic heterocycles. The van der Waals surface area contributed by atoms with Crippen LogP contribution in [-0.4, -0.2) is 15.8 Å². The van der Waals surface area contributed by atoms with Crippen LogP contribution in [0.3, 0.4) is 0 Å². The lowest BCUT2D eigenvalue weighted by Gasteiger charge is -2.45. The van der Waals surface area contributed by atoms with Crippen LogP contribution in [-0.2, 0) is 13.1 Å². The molecule has 0 saturated heterocycles. The first-order valence-electron chi connectivity index (χ1n) is 15.0. The van der Waals surface area contributed by atoms with Crippen LogP contribution in [0.5, 0.6) is 0 Å². The second-order valence-electron chi connectivity index (χ2n) is 11.9. The summed E-state index contributed by atoms with van der Waals surface area (Å²) >= 11 is 0. The minimum absolute atomic E-state index is 0.901. The third-order valence-electron chi connectivity index (χ3n) is 9.55. The highest BCUT2D eigenvalue weighted by Gasteiger charge is 2.30. The van der Waals surface area contributed by atoms with Crippen LogP contribution in [0.1, 0.15) is 11.1 Å². The molecule has 8 aromatic rings. The van der Waals surface area contributed by atoms with Gasteiger partial charge in [0.1, 0.15) is 0 Å². The summed E-state index contributed by atoms with van der Waals surface area (Å²) in [7, 11) is 0. The van der Waals surface area contributed by atoms with Gasteiger partial charge in [0.2, 0.25) is 0 Å². The van der Waals surface area contributed by atoms with Gasteiger partial charge >= 0.3 is 0 Å². The fourth-order valence-corrected chi connectivity index (χ4v) is 7.73. The first kappa shape index (κ1) is 23.1. The maximum absolute atomic E-state index is 2.53. The van der Waals surface area contributed by atoms with Crippen molar-refractivity contribution < 1.29 is 0 Å². The van der Waals surface area contributed by atoms with E-state index in [1.165, 1.54) is 77.5 Å². The number of fused-ring (bicyclic) bond motifs is 12. The zero-order valence-electron chi connectivity index (χ0n) is 23.6. The molecule has 0 saturated carbocycles. The highest BCUT2D eigenvalue weighted by atomic mass is 15.4. The summed E-state index contributed by atoms with van der Waals surface area (Å²) in [6.45, 7) is 2.72. The summed E-state index contributed by atoms with van der Waals surface area (Å²) in [5, 5.41) is 5.20. The lowest BCUT2D eigenvalue weighted by atomic mass is 10.0. The van der Waals surface area contributed by atoms with E-state index in [1.807, 2.05) is 0 Å². The molecular formula is C39H28N4. The van der Waals surface area contributed by atoms with Crippen LogP contribution in [0.4, 0.5) is 11.4 Å². The normalized spacial score (nSPS) is 14.1. The van der Waals surface area contributed by atoms with Gasteiger partial charge in [-0.25, -0.2) is 0 Å². The number of hydrogen-bond donors (Lipinski definition) is 0. The molecule has 0 spiro atoms. The predicted molar refractivity (Wildman–Crippen MR) is 179 cm³/mol. The predicted octanol–water partition coefficient (Wildman–Crippen LogP) is 9.18. The Morgan fingerprint density at radius 1 is 0.372 bits per heavy atom. The average molecular weight is 553 g/mol. The summed E-state index contributed by atoms with van der Waals surface area (Å²) in [5.74, 6) is 0. The fourth-order valence-electron chi connectivity index (χ4n) is 7.73. The Morgan fingerprint density at radius 2 is 0.721 bits per heavy atom. The van der Waals surface area contributed by atoms with E-state index in [0.717, 1.165) is 19.8 Å². The monoisotopic (exact) mass is 552 g/mol. The summed E-state index contributed by atoms with van der Waals surface area (Å²) < 4.78 is 4.85. The molecule has 4 heteroatoms. The second-order valence-corrected chi connectivity index (χ2v) is 11.9. The smallest absolute Gasteiger partial charge is 0.0910 e. The molecule has 0 aliphatic carbocycles. The van der Waals surface area contributed by atoms with E-state index in [9.17, 15) is 0 Å². The summed E-state index contributed by atoms with van der Waals surface area (Å²) in [4.78, 5) is 5.07. The first-order chi connectivity index (χ1) is 21.3. The van der Waals surface area contributed by atoms with Gasteiger partial charge in [0, 0.05) is 57.4 Å². The van der Waals surface area contributed by atoms with Crippen molar-refractivity contribution in [1.82, 2.24) is 9.13 Å². The van der Waals surface area contributed by atoms with Crippen LogP contribution < -0.4 is 9.80 Å². The van der Waals surface area contributed by atoms with Gasteiger partial charge in [-0.1, -0.05) is 72.8 Å². The molecule has 0 amide bonds. The Labute approximate surface area is 249 Å². The van der Waals surface area contributed by atoms with Gasteiger partial charge in [-0.05, 0) is 71.8 Å². The van der Waals surface area contributed by atoms with Gasteiger partial charge < -0.3 is 18.9 Å². The first-order valence-corrected chi connectivity index (χ1v) is 15.0. The maximum atomic E-state index is 2.53. The van der Waals surface area contributed by atoms with Crippen molar-refractivity contribution >= 4 is 55.0 Å². The third kappa shape index (κ3) is 3.21. The molecule has 2 bridgehead atoms. The van der Waals surface area contributed by atoms with E-state index in [2.05, 4.69) is 152 Å². The standard InChI is InChI=1S/C39H28N4/c1-5-13-36-30(9-1)31-10-2-6-14-37(31)42(36)28-17-19-34-26(21-28)23-40-25-41(34)24-27-22-29(18-20-35(27)40)43-38-15-7-3-11-32(38)33-12-4-8-16-39(33)43/h1-22H,23-25H2.